The third-order valence-corrected chi connectivity index (χ3v) is 4.04. The van der Waals surface area contributed by atoms with Crippen molar-refractivity contribution in [3.8, 4) is 0 Å². The van der Waals surface area contributed by atoms with Crippen molar-refractivity contribution in [2.75, 3.05) is 0 Å². The zero-order chi connectivity index (χ0) is 12.1. The molecule has 1 aromatic heterocycles. The summed E-state index contributed by atoms with van der Waals surface area (Å²) < 4.78 is 5.38. The van der Waals surface area contributed by atoms with E-state index in [1.54, 1.807) is 0 Å². The van der Waals surface area contributed by atoms with E-state index in [2.05, 4.69) is 34.4 Å². The lowest BCUT2D eigenvalue weighted by atomic mass is 9.77. The minimum absolute atomic E-state index is 0.0437. The molecular formula is C14H15N3O. The van der Waals surface area contributed by atoms with Crippen molar-refractivity contribution in [1.29, 1.82) is 0 Å². The van der Waals surface area contributed by atoms with E-state index in [0.717, 1.165) is 12.3 Å². The van der Waals surface area contributed by atoms with Gasteiger partial charge in [0.05, 0.1) is 12.0 Å². The van der Waals surface area contributed by atoms with Gasteiger partial charge in [-0.25, -0.2) is 0 Å². The van der Waals surface area contributed by atoms with E-state index < -0.39 is 0 Å². The largest absolute Gasteiger partial charge is 0.339 e. The second-order valence-electron chi connectivity index (χ2n) is 5.31. The molecule has 2 unspecified atom stereocenters. The monoisotopic (exact) mass is 241 g/mol. The Bertz CT molecular complexity index is 588. The van der Waals surface area contributed by atoms with Gasteiger partial charge in [0.15, 0.2) is 5.82 Å². The van der Waals surface area contributed by atoms with E-state index in [-0.39, 0.29) is 12.0 Å². The quantitative estimate of drug-likeness (QED) is 0.894. The summed E-state index contributed by atoms with van der Waals surface area (Å²) in [5.41, 5.74) is 8.78. The molecule has 18 heavy (non-hydrogen) atoms. The zero-order valence-electron chi connectivity index (χ0n) is 10.0. The standard InChI is InChI=1S/C14H15N3O/c15-12(8-5-6-8)13-16-14(18-17-13)11-7-9-3-1-2-4-10(9)11/h1-4,8,11-12H,5-7,15H2. The van der Waals surface area contributed by atoms with E-state index in [9.17, 15) is 0 Å². The second-order valence-corrected chi connectivity index (χ2v) is 5.31. The van der Waals surface area contributed by atoms with Crippen molar-refractivity contribution in [2.45, 2.75) is 31.2 Å². The Morgan fingerprint density at radius 2 is 2.11 bits per heavy atom. The third-order valence-electron chi connectivity index (χ3n) is 4.04. The zero-order valence-corrected chi connectivity index (χ0v) is 10.0. The first-order valence-electron chi connectivity index (χ1n) is 6.50. The summed E-state index contributed by atoms with van der Waals surface area (Å²) in [5, 5.41) is 4.04. The number of nitrogens with zero attached hydrogens (tertiary/aromatic N) is 2. The van der Waals surface area contributed by atoms with Gasteiger partial charge >= 0.3 is 0 Å². The first kappa shape index (κ1) is 10.3. The van der Waals surface area contributed by atoms with Crippen molar-refractivity contribution in [3.05, 3.63) is 47.1 Å². The minimum Gasteiger partial charge on any atom is -0.339 e. The topological polar surface area (TPSA) is 64.9 Å². The number of hydrogen-bond donors (Lipinski definition) is 1. The molecule has 92 valence electrons. The molecule has 2 N–H and O–H groups in total. The molecule has 0 saturated heterocycles. The van der Waals surface area contributed by atoms with Gasteiger partial charge in [-0.3, -0.25) is 0 Å². The average Bonchev–Trinajstić information content (AvgIpc) is 3.10. The molecule has 2 atom stereocenters. The van der Waals surface area contributed by atoms with Gasteiger partial charge in [0.1, 0.15) is 0 Å². The molecule has 2 aromatic rings. The molecular weight excluding hydrogens is 226 g/mol. The molecule has 1 fully saturated rings. The van der Waals surface area contributed by atoms with Crippen LogP contribution in [0.4, 0.5) is 0 Å². The number of hydrogen-bond acceptors (Lipinski definition) is 4. The van der Waals surface area contributed by atoms with Crippen molar-refractivity contribution in [2.24, 2.45) is 11.7 Å². The van der Waals surface area contributed by atoms with Crippen LogP contribution in [0.2, 0.25) is 0 Å². The summed E-state index contributed by atoms with van der Waals surface area (Å²) in [6, 6.07) is 8.36. The van der Waals surface area contributed by atoms with Crippen LogP contribution in [0.25, 0.3) is 0 Å². The van der Waals surface area contributed by atoms with Crippen LogP contribution in [0.1, 0.15) is 47.6 Å². The van der Waals surface area contributed by atoms with E-state index in [4.69, 9.17) is 10.3 Å². The summed E-state index contributed by atoms with van der Waals surface area (Å²) in [4.78, 5) is 4.49. The number of aromatic nitrogens is 2. The van der Waals surface area contributed by atoms with Crippen LogP contribution in [-0.4, -0.2) is 10.1 Å². The van der Waals surface area contributed by atoms with Crippen LogP contribution in [0, 0.1) is 5.92 Å². The fraction of sp³-hybridized carbons (Fsp3) is 0.429. The van der Waals surface area contributed by atoms with Crippen LogP contribution in [0.3, 0.4) is 0 Å². The molecule has 1 aromatic carbocycles. The molecule has 0 bridgehead atoms. The predicted octanol–water partition coefficient (Wildman–Crippen LogP) is 2.17. The highest BCUT2D eigenvalue weighted by Crippen LogP contribution is 2.41. The summed E-state index contributed by atoms with van der Waals surface area (Å²) in [5.74, 6) is 2.23. The number of rotatable bonds is 3. The number of benzene rings is 1. The molecule has 1 heterocycles. The maximum atomic E-state index is 6.08. The van der Waals surface area contributed by atoms with Crippen LogP contribution in [0.5, 0.6) is 0 Å². The molecule has 0 radical (unpaired) electrons. The van der Waals surface area contributed by atoms with E-state index in [1.165, 1.54) is 24.0 Å². The highest BCUT2D eigenvalue weighted by molar-refractivity contribution is 5.43. The van der Waals surface area contributed by atoms with Crippen LogP contribution >= 0.6 is 0 Å². The Kier molecular flexibility index (Phi) is 2.08. The van der Waals surface area contributed by atoms with Gasteiger partial charge in [-0.1, -0.05) is 29.4 Å². The van der Waals surface area contributed by atoms with Gasteiger partial charge in [0, 0.05) is 0 Å². The van der Waals surface area contributed by atoms with Gasteiger partial charge < -0.3 is 10.3 Å². The normalized spacial score (nSPS) is 23.3. The van der Waals surface area contributed by atoms with Gasteiger partial charge in [-0.2, -0.15) is 4.98 Å². The van der Waals surface area contributed by atoms with E-state index >= 15 is 0 Å². The Hall–Kier alpha value is -1.68. The molecule has 2 aliphatic carbocycles. The number of fused-ring (bicyclic) bond motifs is 1. The van der Waals surface area contributed by atoms with E-state index in [0.29, 0.717) is 11.7 Å². The summed E-state index contributed by atoms with van der Waals surface area (Å²) in [6.07, 6.45) is 3.38. The molecule has 0 spiro atoms. The van der Waals surface area contributed by atoms with Crippen molar-refractivity contribution in [3.63, 3.8) is 0 Å². The SMILES string of the molecule is NC(c1noc(C2Cc3ccccc32)n1)C1CC1. The van der Waals surface area contributed by atoms with Gasteiger partial charge in [-0.15, -0.1) is 0 Å². The van der Waals surface area contributed by atoms with Gasteiger partial charge in [-0.05, 0) is 36.3 Å². The maximum absolute atomic E-state index is 6.08. The molecule has 4 rings (SSSR count). The fourth-order valence-electron chi connectivity index (χ4n) is 2.67. The average molecular weight is 241 g/mol. The lowest BCUT2D eigenvalue weighted by molar-refractivity contribution is 0.348. The fourth-order valence-corrected chi connectivity index (χ4v) is 2.67. The Balaban J connectivity index is 1.60. The van der Waals surface area contributed by atoms with Crippen molar-refractivity contribution >= 4 is 0 Å². The second kappa shape index (κ2) is 3.65. The van der Waals surface area contributed by atoms with Crippen molar-refractivity contribution < 1.29 is 4.52 Å². The van der Waals surface area contributed by atoms with Crippen LogP contribution in [0.15, 0.2) is 28.8 Å². The summed E-state index contributed by atoms with van der Waals surface area (Å²) >= 11 is 0. The minimum atomic E-state index is -0.0437. The number of nitrogens with two attached hydrogens (primary N) is 1. The molecule has 4 nitrogen and oxygen atoms in total. The lowest BCUT2D eigenvalue weighted by Crippen LogP contribution is -2.19. The Morgan fingerprint density at radius 1 is 1.28 bits per heavy atom. The van der Waals surface area contributed by atoms with Gasteiger partial charge in [0.2, 0.25) is 5.89 Å². The Labute approximate surface area is 105 Å². The summed E-state index contributed by atoms with van der Waals surface area (Å²) in [7, 11) is 0. The smallest absolute Gasteiger partial charge is 0.234 e. The first-order chi connectivity index (χ1) is 8.83. The summed E-state index contributed by atoms with van der Waals surface area (Å²) in [6.45, 7) is 0. The highest BCUT2D eigenvalue weighted by atomic mass is 16.5. The maximum Gasteiger partial charge on any atom is 0.234 e. The van der Waals surface area contributed by atoms with Crippen LogP contribution in [-0.2, 0) is 6.42 Å². The molecule has 0 aliphatic heterocycles. The molecule has 0 amide bonds. The molecule has 1 saturated carbocycles. The van der Waals surface area contributed by atoms with E-state index in [1.807, 2.05) is 0 Å². The first-order valence-corrected chi connectivity index (χ1v) is 6.50. The predicted molar refractivity (Wildman–Crippen MR) is 65.9 cm³/mol. The van der Waals surface area contributed by atoms with Crippen LogP contribution < -0.4 is 5.73 Å². The van der Waals surface area contributed by atoms with Gasteiger partial charge in [0.25, 0.3) is 0 Å². The molecule has 4 heteroatoms. The third kappa shape index (κ3) is 1.49. The highest BCUT2D eigenvalue weighted by Gasteiger charge is 2.35. The lowest BCUT2D eigenvalue weighted by Gasteiger charge is -2.26. The molecule has 2 aliphatic rings. The van der Waals surface area contributed by atoms with Crippen molar-refractivity contribution in [1.82, 2.24) is 10.1 Å². The Morgan fingerprint density at radius 3 is 2.89 bits per heavy atom.